The van der Waals surface area contributed by atoms with Gasteiger partial charge in [-0.05, 0) is 49.8 Å². The molecular formula is C22H24N4OS. The summed E-state index contributed by atoms with van der Waals surface area (Å²) < 4.78 is 1.94. The number of hydrogen-bond acceptors (Lipinski definition) is 4. The van der Waals surface area contributed by atoms with Crippen molar-refractivity contribution in [1.29, 1.82) is 0 Å². The number of para-hydroxylation sites is 1. The minimum Gasteiger partial charge on any atom is -0.348 e. The number of rotatable bonds is 7. The van der Waals surface area contributed by atoms with Crippen LogP contribution in [0.1, 0.15) is 35.6 Å². The lowest BCUT2D eigenvalue weighted by Crippen LogP contribution is -2.31. The van der Waals surface area contributed by atoms with Crippen LogP contribution in [0.4, 0.5) is 0 Å². The third kappa shape index (κ3) is 4.28. The molecule has 1 atom stereocenters. The van der Waals surface area contributed by atoms with Gasteiger partial charge in [0.1, 0.15) is 6.33 Å². The first-order chi connectivity index (χ1) is 13.6. The molecule has 0 aliphatic heterocycles. The highest BCUT2D eigenvalue weighted by Gasteiger charge is 2.33. The molecule has 0 radical (unpaired) electrons. The number of nitrogens with one attached hydrogen (secondary N) is 1. The maximum absolute atomic E-state index is 12.6. The summed E-state index contributed by atoms with van der Waals surface area (Å²) in [7, 11) is 0. The van der Waals surface area contributed by atoms with Gasteiger partial charge in [0.15, 0.2) is 5.16 Å². The second kappa shape index (κ2) is 8.19. The van der Waals surface area contributed by atoms with Gasteiger partial charge in [0.2, 0.25) is 5.91 Å². The Kier molecular flexibility index (Phi) is 5.48. The summed E-state index contributed by atoms with van der Waals surface area (Å²) in [4.78, 5) is 12.6. The fourth-order valence-corrected chi connectivity index (χ4v) is 4.08. The number of carbonyl (C=O) groups excluding carboxylic acids is 1. The molecule has 0 spiro atoms. The zero-order valence-corrected chi connectivity index (χ0v) is 16.9. The van der Waals surface area contributed by atoms with Gasteiger partial charge < -0.3 is 5.32 Å². The summed E-state index contributed by atoms with van der Waals surface area (Å²) in [6, 6.07) is 16.6. The van der Waals surface area contributed by atoms with Gasteiger partial charge in [-0.3, -0.25) is 9.36 Å². The number of benzene rings is 2. The highest BCUT2D eigenvalue weighted by atomic mass is 32.2. The van der Waals surface area contributed by atoms with E-state index in [1.807, 2.05) is 22.8 Å². The second-order valence-corrected chi connectivity index (χ2v) is 8.29. The first kappa shape index (κ1) is 18.7. The number of nitrogens with zero attached hydrogens (tertiary/aromatic N) is 3. The molecule has 0 saturated heterocycles. The van der Waals surface area contributed by atoms with Gasteiger partial charge in [-0.25, -0.2) is 0 Å². The van der Waals surface area contributed by atoms with E-state index in [1.165, 1.54) is 35.7 Å². The van der Waals surface area contributed by atoms with Crippen LogP contribution in [-0.2, 0) is 4.79 Å². The molecule has 1 saturated carbocycles. The third-order valence-electron chi connectivity index (χ3n) is 5.07. The Bertz CT molecular complexity index is 963. The van der Waals surface area contributed by atoms with Gasteiger partial charge in [0, 0.05) is 0 Å². The molecule has 144 valence electrons. The molecule has 3 aromatic rings. The van der Waals surface area contributed by atoms with Crippen LogP contribution in [-0.4, -0.2) is 26.4 Å². The highest BCUT2D eigenvalue weighted by molar-refractivity contribution is 7.99. The molecule has 2 aromatic carbocycles. The van der Waals surface area contributed by atoms with E-state index in [4.69, 9.17) is 0 Å². The Labute approximate surface area is 169 Å². The fraction of sp³-hybridized carbons (Fsp3) is 0.318. The molecule has 4 rings (SSSR count). The Hall–Kier alpha value is -2.60. The number of thioether (sulfide) groups is 1. The van der Waals surface area contributed by atoms with E-state index in [1.54, 1.807) is 6.33 Å². The molecular weight excluding hydrogens is 368 g/mol. The first-order valence-electron chi connectivity index (χ1n) is 9.56. The van der Waals surface area contributed by atoms with Crippen molar-refractivity contribution < 1.29 is 4.79 Å². The van der Waals surface area contributed by atoms with Gasteiger partial charge in [0.25, 0.3) is 0 Å². The Morgan fingerprint density at radius 3 is 2.64 bits per heavy atom. The van der Waals surface area contributed by atoms with Crippen LogP contribution in [0, 0.1) is 19.8 Å². The maximum atomic E-state index is 12.6. The third-order valence-corrected chi connectivity index (χ3v) is 6.01. The van der Waals surface area contributed by atoms with Crippen LogP contribution < -0.4 is 5.32 Å². The lowest BCUT2D eigenvalue weighted by Gasteiger charge is -2.19. The van der Waals surface area contributed by atoms with Crippen molar-refractivity contribution in [2.75, 3.05) is 5.75 Å². The molecule has 1 heterocycles. The quantitative estimate of drug-likeness (QED) is 0.611. The van der Waals surface area contributed by atoms with Gasteiger partial charge in [0.05, 0.1) is 17.5 Å². The summed E-state index contributed by atoms with van der Waals surface area (Å²) in [6.07, 6.45) is 4.04. The summed E-state index contributed by atoms with van der Waals surface area (Å²) in [6.45, 7) is 4.13. The largest absolute Gasteiger partial charge is 0.348 e. The van der Waals surface area contributed by atoms with Crippen molar-refractivity contribution in [1.82, 2.24) is 20.1 Å². The van der Waals surface area contributed by atoms with Crippen LogP contribution in [0.3, 0.4) is 0 Å². The van der Waals surface area contributed by atoms with Crippen LogP contribution in [0.15, 0.2) is 60.0 Å². The molecule has 1 aliphatic rings. The molecule has 1 N–H and O–H groups in total. The van der Waals surface area contributed by atoms with Crippen molar-refractivity contribution in [2.24, 2.45) is 5.92 Å². The van der Waals surface area contributed by atoms with Crippen molar-refractivity contribution >= 4 is 17.7 Å². The van der Waals surface area contributed by atoms with E-state index in [0.717, 1.165) is 16.4 Å². The van der Waals surface area contributed by atoms with Crippen molar-refractivity contribution in [2.45, 2.75) is 37.9 Å². The van der Waals surface area contributed by atoms with E-state index in [9.17, 15) is 4.79 Å². The number of aromatic nitrogens is 3. The van der Waals surface area contributed by atoms with Gasteiger partial charge in [-0.1, -0.05) is 59.8 Å². The average molecular weight is 393 g/mol. The molecule has 1 fully saturated rings. The van der Waals surface area contributed by atoms with Crippen LogP contribution in [0.25, 0.3) is 5.69 Å². The Morgan fingerprint density at radius 2 is 1.93 bits per heavy atom. The second-order valence-electron chi connectivity index (χ2n) is 7.35. The van der Waals surface area contributed by atoms with Crippen molar-refractivity contribution in [3.8, 4) is 5.69 Å². The van der Waals surface area contributed by atoms with Gasteiger partial charge >= 0.3 is 0 Å². The summed E-state index contributed by atoms with van der Waals surface area (Å²) in [5.41, 5.74) is 4.60. The normalized spacial score (nSPS) is 14.6. The highest BCUT2D eigenvalue weighted by Crippen LogP contribution is 2.41. The van der Waals surface area contributed by atoms with Crippen LogP contribution >= 0.6 is 11.8 Å². The number of hydrogen-bond donors (Lipinski definition) is 1. The average Bonchev–Trinajstić information content (AvgIpc) is 3.43. The smallest absolute Gasteiger partial charge is 0.230 e. The zero-order valence-electron chi connectivity index (χ0n) is 16.1. The number of amides is 1. The minimum absolute atomic E-state index is 0.0295. The van der Waals surface area contributed by atoms with Crippen molar-refractivity contribution in [3.05, 3.63) is 71.5 Å². The lowest BCUT2D eigenvalue weighted by atomic mass is 10.0. The van der Waals surface area contributed by atoms with E-state index < -0.39 is 0 Å². The molecule has 1 amide bonds. The topological polar surface area (TPSA) is 59.8 Å². The molecule has 1 aliphatic carbocycles. The Balaban J connectivity index is 1.42. The first-order valence-corrected chi connectivity index (χ1v) is 10.5. The van der Waals surface area contributed by atoms with Crippen LogP contribution in [0.2, 0.25) is 0 Å². The maximum Gasteiger partial charge on any atom is 0.230 e. The monoisotopic (exact) mass is 392 g/mol. The van der Waals surface area contributed by atoms with E-state index in [-0.39, 0.29) is 11.9 Å². The molecule has 5 nitrogen and oxygen atoms in total. The predicted molar refractivity (Wildman–Crippen MR) is 112 cm³/mol. The zero-order chi connectivity index (χ0) is 19.5. The lowest BCUT2D eigenvalue weighted by molar-refractivity contribution is -0.119. The van der Waals surface area contributed by atoms with Crippen LogP contribution in [0.5, 0.6) is 0 Å². The standard InChI is InChI=1S/C22H24N4OS/c1-15-7-9-17(10-8-15)21(18-11-12-18)24-20(27)13-28-22-25-23-14-26(22)19-6-4-3-5-16(19)2/h3-10,14,18,21H,11-13H2,1-2H3,(H,24,27). The number of carbonyl (C=O) groups is 1. The SMILES string of the molecule is Cc1ccc(C(NC(=O)CSc2nncn2-c2ccccc2C)C2CC2)cc1. The van der Waals surface area contributed by atoms with E-state index >= 15 is 0 Å². The van der Waals surface area contributed by atoms with Crippen molar-refractivity contribution in [3.63, 3.8) is 0 Å². The van der Waals surface area contributed by atoms with E-state index in [2.05, 4.69) is 59.7 Å². The fourth-order valence-electron chi connectivity index (χ4n) is 3.34. The molecule has 28 heavy (non-hydrogen) atoms. The van der Waals surface area contributed by atoms with Gasteiger partial charge in [-0.2, -0.15) is 0 Å². The number of aryl methyl sites for hydroxylation is 2. The molecule has 6 heteroatoms. The summed E-state index contributed by atoms with van der Waals surface area (Å²) in [5, 5.41) is 12.2. The minimum atomic E-state index is 0.0295. The van der Waals surface area contributed by atoms with E-state index in [0.29, 0.717) is 11.7 Å². The summed E-state index contributed by atoms with van der Waals surface area (Å²) >= 11 is 1.41. The van der Waals surface area contributed by atoms with Gasteiger partial charge in [-0.15, -0.1) is 10.2 Å². The predicted octanol–water partition coefficient (Wildman–Crippen LogP) is 4.24. The molecule has 1 aromatic heterocycles. The molecule has 0 bridgehead atoms. The Morgan fingerprint density at radius 1 is 1.18 bits per heavy atom. The summed E-state index contributed by atoms with van der Waals surface area (Å²) in [5.74, 6) is 0.897. The molecule has 1 unspecified atom stereocenters.